The Morgan fingerprint density at radius 1 is 1.38 bits per heavy atom. The topological polar surface area (TPSA) is 32.3 Å². The molecule has 1 aromatic rings. The van der Waals surface area contributed by atoms with Crippen LogP contribution in [0, 0.1) is 5.92 Å². The van der Waals surface area contributed by atoms with E-state index in [9.17, 15) is 0 Å². The molecule has 0 amide bonds. The highest BCUT2D eigenvalue weighted by Crippen LogP contribution is 2.14. The summed E-state index contributed by atoms with van der Waals surface area (Å²) in [5.41, 5.74) is 1.09. The molecule has 0 aliphatic heterocycles. The molecule has 0 saturated heterocycles. The molecule has 3 heteroatoms. The Labute approximate surface area is 87.1 Å². The van der Waals surface area contributed by atoms with Crippen LogP contribution in [0.15, 0.2) is 28.7 Å². The standard InChI is InChI=1S/C10H14BrNO/c1-8(7-13)6-12-10-4-2-9(11)3-5-10/h2-5,8,12-13H,6-7H2,1H3. The molecule has 2 N–H and O–H groups in total. The highest BCUT2D eigenvalue weighted by atomic mass is 79.9. The zero-order chi connectivity index (χ0) is 9.68. The second kappa shape index (κ2) is 5.25. The molecular formula is C10H14BrNO. The molecule has 0 spiro atoms. The first-order valence-electron chi connectivity index (χ1n) is 4.32. The van der Waals surface area contributed by atoms with E-state index in [1.807, 2.05) is 31.2 Å². The second-order valence-corrected chi connectivity index (χ2v) is 4.09. The van der Waals surface area contributed by atoms with E-state index in [4.69, 9.17) is 5.11 Å². The quantitative estimate of drug-likeness (QED) is 0.852. The monoisotopic (exact) mass is 243 g/mol. The average Bonchev–Trinajstić information content (AvgIpc) is 2.16. The van der Waals surface area contributed by atoms with E-state index in [1.54, 1.807) is 0 Å². The molecule has 2 nitrogen and oxygen atoms in total. The summed E-state index contributed by atoms with van der Waals surface area (Å²) in [6.07, 6.45) is 0. The van der Waals surface area contributed by atoms with Crippen molar-refractivity contribution in [3.63, 3.8) is 0 Å². The zero-order valence-electron chi connectivity index (χ0n) is 7.63. The van der Waals surface area contributed by atoms with Gasteiger partial charge in [0.2, 0.25) is 0 Å². The third-order valence-corrected chi connectivity index (χ3v) is 2.34. The fraction of sp³-hybridized carbons (Fsp3) is 0.400. The number of aliphatic hydroxyl groups is 1. The minimum absolute atomic E-state index is 0.226. The molecular weight excluding hydrogens is 230 g/mol. The molecule has 13 heavy (non-hydrogen) atoms. The predicted molar refractivity (Wildman–Crippen MR) is 58.9 cm³/mol. The van der Waals surface area contributed by atoms with Crippen molar-refractivity contribution in [3.05, 3.63) is 28.7 Å². The van der Waals surface area contributed by atoms with Crippen LogP contribution in [0.1, 0.15) is 6.92 Å². The lowest BCUT2D eigenvalue weighted by atomic mass is 10.2. The van der Waals surface area contributed by atoms with Gasteiger partial charge in [0.1, 0.15) is 0 Å². The number of anilines is 1. The average molecular weight is 244 g/mol. The maximum absolute atomic E-state index is 8.81. The van der Waals surface area contributed by atoms with Crippen LogP contribution in [0.3, 0.4) is 0 Å². The summed E-state index contributed by atoms with van der Waals surface area (Å²) >= 11 is 3.37. The van der Waals surface area contributed by atoms with Gasteiger partial charge in [0.05, 0.1) is 0 Å². The molecule has 0 saturated carbocycles. The first kappa shape index (κ1) is 10.5. The number of rotatable bonds is 4. The fourth-order valence-corrected chi connectivity index (χ4v) is 1.19. The molecule has 72 valence electrons. The van der Waals surface area contributed by atoms with E-state index in [2.05, 4.69) is 21.2 Å². The number of hydrogen-bond acceptors (Lipinski definition) is 2. The Morgan fingerprint density at radius 3 is 2.54 bits per heavy atom. The van der Waals surface area contributed by atoms with Crippen molar-refractivity contribution < 1.29 is 5.11 Å². The van der Waals surface area contributed by atoms with Gasteiger partial charge in [-0.1, -0.05) is 22.9 Å². The van der Waals surface area contributed by atoms with E-state index in [0.717, 1.165) is 16.7 Å². The number of halogens is 1. The highest BCUT2D eigenvalue weighted by molar-refractivity contribution is 9.10. The largest absolute Gasteiger partial charge is 0.396 e. The van der Waals surface area contributed by atoms with Gasteiger partial charge in [0, 0.05) is 23.3 Å². The Kier molecular flexibility index (Phi) is 4.25. The first-order valence-corrected chi connectivity index (χ1v) is 5.12. The molecule has 0 fully saturated rings. The van der Waals surface area contributed by atoms with E-state index in [0.29, 0.717) is 5.92 Å². The Hall–Kier alpha value is -0.540. The lowest BCUT2D eigenvalue weighted by Crippen LogP contribution is -2.14. The lowest BCUT2D eigenvalue weighted by molar-refractivity contribution is 0.244. The number of nitrogens with one attached hydrogen (secondary N) is 1. The van der Waals surface area contributed by atoms with Crippen molar-refractivity contribution >= 4 is 21.6 Å². The van der Waals surface area contributed by atoms with Crippen LogP contribution < -0.4 is 5.32 Å². The molecule has 0 aliphatic rings. The lowest BCUT2D eigenvalue weighted by Gasteiger charge is -2.10. The van der Waals surface area contributed by atoms with Gasteiger partial charge in [0.15, 0.2) is 0 Å². The maximum atomic E-state index is 8.81. The maximum Gasteiger partial charge on any atom is 0.0473 e. The van der Waals surface area contributed by atoms with Crippen molar-refractivity contribution in [2.45, 2.75) is 6.92 Å². The number of benzene rings is 1. The second-order valence-electron chi connectivity index (χ2n) is 3.18. The van der Waals surface area contributed by atoms with Gasteiger partial charge in [0.25, 0.3) is 0 Å². The molecule has 0 bridgehead atoms. The van der Waals surface area contributed by atoms with E-state index < -0.39 is 0 Å². The van der Waals surface area contributed by atoms with E-state index in [1.165, 1.54) is 0 Å². The number of aliphatic hydroxyl groups excluding tert-OH is 1. The van der Waals surface area contributed by atoms with Gasteiger partial charge in [-0.2, -0.15) is 0 Å². The SMILES string of the molecule is CC(CO)CNc1ccc(Br)cc1. The molecule has 1 atom stereocenters. The third-order valence-electron chi connectivity index (χ3n) is 1.81. The highest BCUT2D eigenvalue weighted by Gasteiger charge is 1.98. The normalized spacial score (nSPS) is 12.5. The first-order chi connectivity index (χ1) is 6.22. The van der Waals surface area contributed by atoms with Crippen LogP contribution in [-0.4, -0.2) is 18.3 Å². The molecule has 0 radical (unpaired) electrons. The Morgan fingerprint density at radius 2 is 2.00 bits per heavy atom. The van der Waals surface area contributed by atoms with Crippen molar-refractivity contribution in [1.82, 2.24) is 0 Å². The van der Waals surface area contributed by atoms with Crippen molar-refractivity contribution in [2.24, 2.45) is 5.92 Å². The summed E-state index contributed by atoms with van der Waals surface area (Å²) in [4.78, 5) is 0. The summed E-state index contributed by atoms with van der Waals surface area (Å²) in [6.45, 7) is 3.04. The summed E-state index contributed by atoms with van der Waals surface area (Å²) < 4.78 is 1.08. The predicted octanol–water partition coefficient (Wildman–Crippen LogP) is 2.49. The van der Waals surface area contributed by atoms with Gasteiger partial charge in [-0.15, -0.1) is 0 Å². The Balaban J connectivity index is 2.41. The van der Waals surface area contributed by atoms with Crippen molar-refractivity contribution in [1.29, 1.82) is 0 Å². The van der Waals surface area contributed by atoms with Crippen molar-refractivity contribution in [2.75, 3.05) is 18.5 Å². The Bertz CT molecular complexity index is 248. The zero-order valence-corrected chi connectivity index (χ0v) is 9.21. The van der Waals surface area contributed by atoms with Crippen molar-refractivity contribution in [3.8, 4) is 0 Å². The minimum Gasteiger partial charge on any atom is -0.396 e. The third kappa shape index (κ3) is 3.79. The van der Waals surface area contributed by atoms with Crippen LogP contribution >= 0.6 is 15.9 Å². The molecule has 1 rings (SSSR count). The van der Waals surface area contributed by atoms with E-state index in [-0.39, 0.29) is 6.61 Å². The van der Waals surface area contributed by atoms with Crippen LogP contribution in [-0.2, 0) is 0 Å². The summed E-state index contributed by atoms with van der Waals surface area (Å²) in [6, 6.07) is 8.00. The number of hydrogen-bond donors (Lipinski definition) is 2. The summed E-state index contributed by atoms with van der Waals surface area (Å²) in [5.74, 6) is 0.295. The molecule has 0 heterocycles. The van der Waals surface area contributed by atoms with Crippen LogP contribution in [0.4, 0.5) is 5.69 Å². The minimum atomic E-state index is 0.226. The van der Waals surface area contributed by atoms with Gasteiger partial charge >= 0.3 is 0 Å². The van der Waals surface area contributed by atoms with Crippen LogP contribution in [0.5, 0.6) is 0 Å². The van der Waals surface area contributed by atoms with Gasteiger partial charge < -0.3 is 10.4 Å². The van der Waals surface area contributed by atoms with Gasteiger partial charge in [-0.3, -0.25) is 0 Å². The molecule has 1 aromatic carbocycles. The molecule has 0 aromatic heterocycles. The van der Waals surface area contributed by atoms with E-state index >= 15 is 0 Å². The van der Waals surface area contributed by atoms with Crippen LogP contribution in [0.25, 0.3) is 0 Å². The fourth-order valence-electron chi connectivity index (χ4n) is 0.924. The summed E-state index contributed by atoms with van der Waals surface area (Å²) in [7, 11) is 0. The smallest absolute Gasteiger partial charge is 0.0473 e. The van der Waals surface area contributed by atoms with Gasteiger partial charge in [-0.05, 0) is 30.2 Å². The molecule has 0 aliphatic carbocycles. The van der Waals surface area contributed by atoms with Gasteiger partial charge in [-0.25, -0.2) is 0 Å². The molecule has 1 unspecified atom stereocenters. The van der Waals surface area contributed by atoms with Crippen LogP contribution in [0.2, 0.25) is 0 Å². The summed E-state index contributed by atoms with van der Waals surface area (Å²) in [5, 5.41) is 12.1.